The second-order valence-electron chi connectivity index (χ2n) is 6.49. The molecule has 1 aromatic heterocycles. The van der Waals surface area contributed by atoms with Gasteiger partial charge in [-0.3, -0.25) is 14.4 Å². The molecule has 0 aliphatic heterocycles. The van der Waals surface area contributed by atoms with E-state index in [9.17, 15) is 14.4 Å². The number of carbonyl (C=O) groups excluding carboxylic acids is 3. The fourth-order valence-corrected chi connectivity index (χ4v) is 3.18. The van der Waals surface area contributed by atoms with Crippen LogP contribution in [0.3, 0.4) is 0 Å². The van der Waals surface area contributed by atoms with Crippen LogP contribution in [0.2, 0.25) is 0 Å². The van der Waals surface area contributed by atoms with E-state index in [0.717, 1.165) is 5.56 Å². The average Bonchev–Trinajstić information content (AvgIpc) is 2.93. The lowest BCUT2D eigenvalue weighted by molar-refractivity contribution is -0.146. The third-order valence-corrected chi connectivity index (χ3v) is 4.50. The summed E-state index contributed by atoms with van der Waals surface area (Å²) in [7, 11) is 1.58. The molecular weight excluding hydrogens is 346 g/mol. The van der Waals surface area contributed by atoms with E-state index in [-0.39, 0.29) is 18.0 Å². The number of para-hydroxylation sites is 1. The van der Waals surface area contributed by atoms with Crippen LogP contribution in [0.25, 0.3) is 0 Å². The third-order valence-electron chi connectivity index (χ3n) is 4.50. The van der Waals surface area contributed by atoms with Crippen molar-refractivity contribution in [3.63, 3.8) is 0 Å². The zero-order valence-electron chi connectivity index (χ0n) is 16.3. The molecule has 1 atom stereocenters. The summed E-state index contributed by atoms with van der Waals surface area (Å²) < 4.78 is 10.6. The van der Waals surface area contributed by atoms with Gasteiger partial charge in [-0.25, -0.2) is 0 Å². The van der Waals surface area contributed by atoms with Crippen LogP contribution in [-0.4, -0.2) is 35.7 Å². The number of hydrogen-bond donors (Lipinski definition) is 1. The van der Waals surface area contributed by atoms with Gasteiger partial charge in [0.15, 0.2) is 11.9 Å². The van der Waals surface area contributed by atoms with Crippen molar-refractivity contribution in [3.05, 3.63) is 52.3 Å². The molecule has 0 unspecified atom stereocenters. The molecule has 1 aromatic carbocycles. The van der Waals surface area contributed by atoms with E-state index in [0.29, 0.717) is 34.7 Å². The molecule has 144 valence electrons. The Morgan fingerprint density at radius 2 is 1.81 bits per heavy atom. The standard InChI is InChI=1S/C21H25NO5/c1-12-19(14(3)23)13(2)22-20(12)21(25)15(4)27-18(24)11-10-16-8-6-7-9-17(16)26-5/h6-9,15,22H,10-11H2,1-5H3/t15-/m0/s1. The van der Waals surface area contributed by atoms with Crippen molar-refractivity contribution >= 4 is 17.5 Å². The second-order valence-corrected chi connectivity index (χ2v) is 6.49. The van der Waals surface area contributed by atoms with E-state index >= 15 is 0 Å². The molecule has 0 fully saturated rings. The maximum atomic E-state index is 12.6. The van der Waals surface area contributed by atoms with Crippen LogP contribution in [0.5, 0.6) is 5.75 Å². The topological polar surface area (TPSA) is 85.5 Å². The molecule has 0 aliphatic carbocycles. The van der Waals surface area contributed by atoms with Gasteiger partial charge in [0, 0.05) is 17.7 Å². The molecule has 0 bridgehead atoms. The van der Waals surface area contributed by atoms with Crippen LogP contribution in [0.1, 0.15) is 57.9 Å². The number of Topliss-reactive ketones (excluding diaryl/α,β-unsaturated/α-hetero) is 2. The number of ether oxygens (including phenoxy) is 2. The SMILES string of the molecule is COc1ccccc1CCC(=O)O[C@@H](C)C(=O)c1[nH]c(C)c(C(C)=O)c1C. The molecule has 0 saturated heterocycles. The minimum Gasteiger partial charge on any atom is -0.496 e. The lowest BCUT2D eigenvalue weighted by atomic mass is 10.0. The first-order valence-electron chi connectivity index (χ1n) is 8.82. The number of rotatable bonds is 8. The summed E-state index contributed by atoms with van der Waals surface area (Å²) in [6, 6.07) is 7.44. The maximum Gasteiger partial charge on any atom is 0.306 e. The van der Waals surface area contributed by atoms with Crippen molar-refractivity contribution in [2.24, 2.45) is 0 Å². The van der Waals surface area contributed by atoms with Gasteiger partial charge in [-0.2, -0.15) is 0 Å². The van der Waals surface area contributed by atoms with Crippen molar-refractivity contribution in [1.82, 2.24) is 4.98 Å². The fraction of sp³-hybridized carbons (Fsp3) is 0.381. The van der Waals surface area contributed by atoms with Gasteiger partial charge in [0.1, 0.15) is 5.75 Å². The number of H-pyrrole nitrogens is 1. The van der Waals surface area contributed by atoms with Crippen molar-refractivity contribution in [3.8, 4) is 5.75 Å². The number of aromatic amines is 1. The molecule has 6 heteroatoms. The Labute approximate surface area is 158 Å². The number of methoxy groups -OCH3 is 1. The molecule has 0 aliphatic rings. The number of hydrogen-bond acceptors (Lipinski definition) is 5. The van der Waals surface area contributed by atoms with E-state index in [4.69, 9.17) is 9.47 Å². The fourth-order valence-electron chi connectivity index (χ4n) is 3.18. The van der Waals surface area contributed by atoms with E-state index in [1.54, 1.807) is 21.0 Å². The van der Waals surface area contributed by atoms with Crippen molar-refractivity contribution in [2.45, 2.75) is 46.6 Å². The van der Waals surface area contributed by atoms with Crippen molar-refractivity contribution in [2.75, 3.05) is 7.11 Å². The molecule has 0 spiro atoms. The smallest absolute Gasteiger partial charge is 0.306 e. The highest BCUT2D eigenvalue weighted by atomic mass is 16.5. The van der Waals surface area contributed by atoms with E-state index in [2.05, 4.69) is 4.98 Å². The number of ketones is 2. The molecular formula is C21H25NO5. The lowest BCUT2D eigenvalue weighted by Crippen LogP contribution is -2.25. The third kappa shape index (κ3) is 4.64. The number of aromatic nitrogens is 1. The zero-order valence-corrected chi connectivity index (χ0v) is 16.3. The highest BCUT2D eigenvalue weighted by Gasteiger charge is 2.25. The first-order valence-corrected chi connectivity index (χ1v) is 8.82. The van der Waals surface area contributed by atoms with Gasteiger partial charge in [-0.05, 0) is 51.3 Å². The zero-order chi connectivity index (χ0) is 20.1. The van der Waals surface area contributed by atoms with Crippen LogP contribution < -0.4 is 4.74 Å². The molecule has 0 saturated carbocycles. The Bertz CT molecular complexity index is 865. The van der Waals surface area contributed by atoms with Crippen molar-refractivity contribution in [1.29, 1.82) is 0 Å². The summed E-state index contributed by atoms with van der Waals surface area (Å²) >= 11 is 0. The van der Waals surface area contributed by atoms with Gasteiger partial charge in [-0.1, -0.05) is 18.2 Å². The highest BCUT2D eigenvalue weighted by Crippen LogP contribution is 2.21. The number of nitrogens with one attached hydrogen (secondary N) is 1. The number of esters is 1. The maximum absolute atomic E-state index is 12.6. The predicted molar refractivity (Wildman–Crippen MR) is 101 cm³/mol. The van der Waals surface area contributed by atoms with Crippen molar-refractivity contribution < 1.29 is 23.9 Å². The summed E-state index contributed by atoms with van der Waals surface area (Å²) in [5.41, 5.74) is 2.94. The van der Waals surface area contributed by atoms with Gasteiger partial charge in [0.25, 0.3) is 0 Å². The van der Waals surface area contributed by atoms with Gasteiger partial charge >= 0.3 is 5.97 Å². The van der Waals surface area contributed by atoms with Gasteiger partial charge in [-0.15, -0.1) is 0 Å². The first-order chi connectivity index (χ1) is 12.8. The minimum atomic E-state index is -0.938. The Morgan fingerprint density at radius 1 is 1.15 bits per heavy atom. The molecule has 1 N–H and O–H groups in total. The van der Waals surface area contributed by atoms with Crippen LogP contribution >= 0.6 is 0 Å². The Morgan fingerprint density at radius 3 is 2.41 bits per heavy atom. The van der Waals surface area contributed by atoms with Crippen LogP contribution in [0.4, 0.5) is 0 Å². The summed E-state index contributed by atoms with van der Waals surface area (Å²) in [6.07, 6.45) is -0.343. The molecule has 2 aromatic rings. The number of aryl methyl sites for hydroxylation is 2. The molecule has 1 heterocycles. The number of carbonyl (C=O) groups is 3. The lowest BCUT2D eigenvalue weighted by Gasteiger charge is -2.13. The predicted octanol–water partition coefficient (Wildman–Crippen LogP) is 3.59. The summed E-state index contributed by atoms with van der Waals surface area (Å²) in [4.78, 5) is 39.4. The van der Waals surface area contributed by atoms with Gasteiger partial charge in [0.05, 0.1) is 12.8 Å². The highest BCUT2D eigenvalue weighted by molar-refractivity contribution is 6.05. The van der Waals surface area contributed by atoms with Gasteiger partial charge < -0.3 is 14.5 Å². The minimum absolute atomic E-state index is 0.109. The Hall–Kier alpha value is -2.89. The van der Waals surface area contributed by atoms with E-state index < -0.39 is 12.1 Å². The molecule has 6 nitrogen and oxygen atoms in total. The molecule has 0 amide bonds. The van der Waals surface area contributed by atoms with Crippen LogP contribution in [0, 0.1) is 13.8 Å². The van der Waals surface area contributed by atoms with E-state index in [1.165, 1.54) is 13.8 Å². The summed E-state index contributed by atoms with van der Waals surface area (Å²) in [6.45, 7) is 6.44. The Balaban J connectivity index is 2.01. The normalized spacial score (nSPS) is 11.7. The monoisotopic (exact) mass is 371 g/mol. The second kappa shape index (κ2) is 8.66. The molecule has 2 rings (SSSR count). The van der Waals surface area contributed by atoms with Crippen LogP contribution in [0.15, 0.2) is 24.3 Å². The van der Waals surface area contributed by atoms with Crippen LogP contribution in [-0.2, 0) is 16.0 Å². The molecule has 0 radical (unpaired) electrons. The summed E-state index contributed by atoms with van der Waals surface area (Å²) in [5, 5.41) is 0. The molecule has 27 heavy (non-hydrogen) atoms. The quantitative estimate of drug-likeness (QED) is 0.566. The van der Waals surface area contributed by atoms with E-state index in [1.807, 2.05) is 24.3 Å². The Kier molecular flexibility index (Phi) is 6.55. The largest absolute Gasteiger partial charge is 0.496 e. The van der Waals surface area contributed by atoms with Gasteiger partial charge in [0.2, 0.25) is 5.78 Å². The summed E-state index contributed by atoms with van der Waals surface area (Å²) in [5.74, 6) is -0.214. The number of benzene rings is 1. The average molecular weight is 371 g/mol. The first kappa shape index (κ1) is 20.4.